The number of hydrogen-bond acceptors (Lipinski definition) is 5. The minimum atomic E-state index is -0.588. The van der Waals surface area contributed by atoms with Gasteiger partial charge in [0.1, 0.15) is 17.0 Å². The van der Waals surface area contributed by atoms with Gasteiger partial charge in [-0.1, -0.05) is 17.2 Å². The van der Waals surface area contributed by atoms with Crippen LogP contribution in [-0.4, -0.2) is 22.0 Å². The summed E-state index contributed by atoms with van der Waals surface area (Å²) in [6, 6.07) is 5.64. The predicted octanol–water partition coefficient (Wildman–Crippen LogP) is 1.94. The maximum Gasteiger partial charge on any atom is 0.444 e. The van der Waals surface area contributed by atoms with E-state index in [1.54, 1.807) is 13.0 Å². The van der Waals surface area contributed by atoms with Crippen LogP contribution >= 0.6 is 0 Å². The van der Waals surface area contributed by atoms with Crippen molar-refractivity contribution in [2.45, 2.75) is 32.8 Å². The zero-order chi connectivity index (χ0) is 14.3. The van der Waals surface area contributed by atoms with Crippen molar-refractivity contribution >= 4 is 0 Å². The number of rotatable bonds is 3. The van der Waals surface area contributed by atoms with E-state index >= 15 is 0 Å². The van der Waals surface area contributed by atoms with Crippen molar-refractivity contribution in [1.29, 1.82) is 0 Å². The van der Waals surface area contributed by atoms with E-state index in [9.17, 15) is 4.79 Å². The quantitative estimate of drug-likeness (QED) is 0.857. The summed E-state index contributed by atoms with van der Waals surface area (Å²) in [4.78, 5) is 11.9. The van der Waals surface area contributed by atoms with Crippen LogP contribution in [0.25, 0.3) is 5.69 Å². The summed E-state index contributed by atoms with van der Waals surface area (Å²) in [6.45, 7) is 6.20. The molecule has 0 radical (unpaired) electrons. The topological polar surface area (TPSA) is 66.5 Å². The molecule has 0 fully saturated rings. The summed E-state index contributed by atoms with van der Waals surface area (Å²) in [5.74, 6) is 0.0890. The van der Waals surface area contributed by atoms with E-state index in [2.05, 4.69) is 5.10 Å². The van der Waals surface area contributed by atoms with Crippen LogP contribution in [0.2, 0.25) is 0 Å². The highest BCUT2D eigenvalue weighted by molar-refractivity contribution is 5.54. The Morgan fingerprint density at radius 1 is 1.45 bits per heavy atom. The minimum Gasteiger partial charge on any atom is -0.485 e. The molecule has 20 heavy (non-hydrogen) atoms. The SMILES string of the molecule is CCOc1nn(-c2cccc3c2OC(C)(C)C3)c(=O)o1. The molecule has 6 heteroatoms. The zero-order valence-corrected chi connectivity index (χ0v) is 11.7. The van der Waals surface area contributed by atoms with Crippen molar-refractivity contribution in [2.24, 2.45) is 0 Å². The molecule has 0 saturated heterocycles. The number of para-hydroxylation sites is 1. The van der Waals surface area contributed by atoms with Gasteiger partial charge in [0.25, 0.3) is 0 Å². The lowest BCUT2D eigenvalue weighted by Crippen LogP contribution is -2.25. The van der Waals surface area contributed by atoms with Crippen LogP contribution in [0.4, 0.5) is 0 Å². The molecule has 106 valence electrons. The van der Waals surface area contributed by atoms with E-state index in [0.29, 0.717) is 18.0 Å². The summed E-state index contributed by atoms with van der Waals surface area (Å²) in [7, 11) is 0. The number of aromatic nitrogens is 2. The number of benzene rings is 1. The molecule has 1 aliphatic heterocycles. The smallest absolute Gasteiger partial charge is 0.444 e. The first-order valence-corrected chi connectivity index (χ1v) is 6.54. The van der Waals surface area contributed by atoms with Gasteiger partial charge in [0, 0.05) is 12.0 Å². The van der Waals surface area contributed by atoms with E-state index in [0.717, 1.165) is 12.0 Å². The Bertz CT molecular complexity index is 699. The molecule has 1 aromatic heterocycles. The van der Waals surface area contributed by atoms with Gasteiger partial charge in [-0.25, -0.2) is 4.79 Å². The average molecular weight is 276 g/mol. The second-order valence-corrected chi connectivity index (χ2v) is 5.28. The number of nitrogens with zero attached hydrogens (tertiary/aromatic N) is 2. The van der Waals surface area contributed by atoms with Crippen LogP contribution in [0.15, 0.2) is 27.4 Å². The highest BCUT2D eigenvalue weighted by Gasteiger charge is 2.33. The molecule has 0 spiro atoms. The Kier molecular flexibility index (Phi) is 2.81. The van der Waals surface area contributed by atoms with E-state index in [1.807, 2.05) is 26.0 Å². The van der Waals surface area contributed by atoms with E-state index < -0.39 is 5.76 Å². The molecule has 0 unspecified atom stereocenters. The van der Waals surface area contributed by atoms with Crippen LogP contribution in [0.1, 0.15) is 26.3 Å². The molecule has 0 bridgehead atoms. The largest absolute Gasteiger partial charge is 0.485 e. The molecular formula is C14H16N2O4. The molecule has 2 aromatic rings. The van der Waals surface area contributed by atoms with E-state index in [-0.39, 0.29) is 11.7 Å². The molecular weight excluding hydrogens is 260 g/mol. The molecule has 0 amide bonds. The summed E-state index contributed by atoms with van der Waals surface area (Å²) in [5.41, 5.74) is 1.35. The lowest BCUT2D eigenvalue weighted by Gasteiger charge is -2.17. The molecule has 2 heterocycles. The van der Waals surface area contributed by atoms with Crippen LogP contribution in [0.5, 0.6) is 11.8 Å². The number of ether oxygens (including phenoxy) is 2. The maximum absolute atomic E-state index is 11.9. The second kappa shape index (κ2) is 4.40. The molecule has 1 aliphatic rings. The van der Waals surface area contributed by atoms with Crippen molar-refractivity contribution in [1.82, 2.24) is 9.78 Å². The monoisotopic (exact) mass is 276 g/mol. The highest BCUT2D eigenvalue weighted by Crippen LogP contribution is 2.38. The van der Waals surface area contributed by atoms with Gasteiger partial charge < -0.3 is 13.9 Å². The van der Waals surface area contributed by atoms with Gasteiger partial charge in [-0.2, -0.15) is 4.68 Å². The lowest BCUT2D eigenvalue weighted by molar-refractivity contribution is 0.138. The van der Waals surface area contributed by atoms with Crippen molar-refractivity contribution < 1.29 is 13.9 Å². The molecule has 6 nitrogen and oxygen atoms in total. The van der Waals surface area contributed by atoms with Gasteiger partial charge in [0.2, 0.25) is 0 Å². The minimum absolute atomic E-state index is 0.0349. The van der Waals surface area contributed by atoms with Crippen LogP contribution in [-0.2, 0) is 6.42 Å². The zero-order valence-electron chi connectivity index (χ0n) is 11.7. The lowest BCUT2D eigenvalue weighted by atomic mass is 10.0. The van der Waals surface area contributed by atoms with E-state index in [4.69, 9.17) is 13.9 Å². The third kappa shape index (κ3) is 2.07. The van der Waals surface area contributed by atoms with Crippen LogP contribution in [0, 0.1) is 0 Å². The number of hydrogen-bond donors (Lipinski definition) is 0. The summed E-state index contributed by atoms with van der Waals surface area (Å²) >= 11 is 0. The van der Waals surface area contributed by atoms with Gasteiger partial charge in [-0.3, -0.25) is 0 Å². The van der Waals surface area contributed by atoms with Crippen molar-refractivity contribution in [3.8, 4) is 17.5 Å². The number of fused-ring (bicyclic) bond motifs is 1. The van der Waals surface area contributed by atoms with Gasteiger partial charge in [-0.15, -0.1) is 0 Å². The fourth-order valence-corrected chi connectivity index (χ4v) is 2.36. The molecule has 0 aliphatic carbocycles. The summed E-state index contributed by atoms with van der Waals surface area (Å²) in [5, 5.41) is 4.03. The van der Waals surface area contributed by atoms with Gasteiger partial charge in [0.05, 0.1) is 6.61 Å². The fraction of sp³-hybridized carbons (Fsp3) is 0.429. The summed E-state index contributed by atoms with van der Waals surface area (Å²) < 4.78 is 17.1. The Hall–Kier alpha value is -2.24. The molecule has 3 rings (SSSR count). The van der Waals surface area contributed by atoms with Crippen molar-refractivity contribution in [3.63, 3.8) is 0 Å². The third-order valence-corrected chi connectivity index (χ3v) is 3.10. The Balaban J connectivity index is 2.09. The summed E-state index contributed by atoms with van der Waals surface area (Å²) in [6.07, 6.45) is 0.758. The normalized spacial score (nSPS) is 15.8. The van der Waals surface area contributed by atoms with Gasteiger partial charge >= 0.3 is 11.8 Å². The fourth-order valence-electron chi connectivity index (χ4n) is 2.36. The highest BCUT2D eigenvalue weighted by atomic mass is 16.6. The molecule has 0 N–H and O–H groups in total. The van der Waals surface area contributed by atoms with Crippen LogP contribution in [0.3, 0.4) is 0 Å². The predicted molar refractivity (Wildman–Crippen MR) is 71.7 cm³/mol. The van der Waals surface area contributed by atoms with Crippen LogP contribution < -0.4 is 15.2 Å². The first-order valence-electron chi connectivity index (χ1n) is 6.54. The Morgan fingerprint density at radius 3 is 3.00 bits per heavy atom. The maximum atomic E-state index is 11.9. The van der Waals surface area contributed by atoms with Gasteiger partial charge in [0.15, 0.2) is 0 Å². The standard InChI is InChI=1S/C14H16N2O4/c1-4-18-12-15-16(13(17)19-12)10-7-5-6-9-8-14(2,3)20-11(9)10/h5-7H,4,8H2,1-3H3. The first kappa shape index (κ1) is 12.8. The molecule has 0 atom stereocenters. The first-order chi connectivity index (χ1) is 9.50. The molecule has 1 aromatic carbocycles. The van der Waals surface area contributed by atoms with Crippen molar-refractivity contribution in [3.05, 3.63) is 34.3 Å². The Morgan fingerprint density at radius 2 is 2.25 bits per heavy atom. The Labute approximate surface area is 115 Å². The molecule has 0 saturated carbocycles. The van der Waals surface area contributed by atoms with Gasteiger partial charge in [-0.05, 0) is 26.8 Å². The third-order valence-electron chi connectivity index (χ3n) is 3.10. The second-order valence-electron chi connectivity index (χ2n) is 5.28. The van der Waals surface area contributed by atoms with Crippen molar-refractivity contribution in [2.75, 3.05) is 6.61 Å². The van der Waals surface area contributed by atoms with E-state index in [1.165, 1.54) is 4.68 Å². The average Bonchev–Trinajstić information content (AvgIpc) is 2.87.